The van der Waals surface area contributed by atoms with Crippen LogP contribution < -0.4 is 5.32 Å². The normalized spacial score (nSPS) is 28.4. The van der Waals surface area contributed by atoms with Crippen LogP contribution >= 0.6 is 0 Å². The van der Waals surface area contributed by atoms with Crippen molar-refractivity contribution in [1.29, 1.82) is 0 Å². The molecule has 0 spiro atoms. The van der Waals surface area contributed by atoms with Gasteiger partial charge in [-0.3, -0.25) is 0 Å². The molecule has 0 radical (unpaired) electrons. The maximum atomic E-state index is 4.00. The van der Waals surface area contributed by atoms with E-state index < -0.39 is 0 Å². The van der Waals surface area contributed by atoms with Crippen LogP contribution in [0.15, 0.2) is 12.2 Å². The predicted octanol–water partition coefficient (Wildman–Crippen LogP) is 3.66. The monoisotopic (exact) mass is 195 g/mol. The van der Waals surface area contributed by atoms with Gasteiger partial charge in [0, 0.05) is 5.54 Å². The van der Waals surface area contributed by atoms with Crippen LogP contribution in [0.1, 0.15) is 58.8 Å². The predicted molar refractivity (Wildman–Crippen MR) is 63.5 cm³/mol. The first-order valence-electron chi connectivity index (χ1n) is 6.08. The fourth-order valence-corrected chi connectivity index (χ4v) is 2.35. The molecule has 1 rings (SSSR count). The van der Waals surface area contributed by atoms with Gasteiger partial charge in [-0.25, -0.2) is 0 Å². The third-order valence-electron chi connectivity index (χ3n) is 3.54. The van der Waals surface area contributed by atoms with E-state index in [0.717, 1.165) is 0 Å². The zero-order valence-corrected chi connectivity index (χ0v) is 9.86. The summed E-state index contributed by atoms with van der Waals surface area (Å²) in [6.07, 6.45) is 9.24. The Kier molecular flexibility index (Phi) is 4.67. The van der Waals surface area contributed by atoms with Crippen molar-refractivity contribution in [3.63, 3.8) is 0 Å². The average Bonchev–Trinajstić information content (AvgIpc) is 2.41. The van der Waals surface area contributed by atoms with E-state index in [1.807, 2.05) is 0 Å². The molecular formula is C13H25N. The van der Waals surface area contributed by atoms with Crippen LogP contribution in [-0.2, 0) is 0 Å². The number of rotatable bonds is 4. The molecule has 0 saturated carbocycles. The fourth-order valence-electron chi connectivity index (χ4n) is 2.35. The zero-order chi connectivity index (χ0) is 10.4. The SMILES string of the molecule is C=C(C)CCC1(CC)CCCCCN1. The van der Waals surface area contributed by atoms with Crippen molar-refractivity contribution in [2.75, 3.05) is 6.54 Å². The third-order valence-corrected chi connectivity index (χ3v) is 3.54. The largest absolute Gasteiger partial charge is 0.311 e. The van der Waals surface area contributed by atoms with Gasteiger partial charge in [0.2, 0.25) is 0 Å². The summed E-state index contributed by atoms with van der Waals surface area (Å²) < 4.78 is 0. The van der Waals surface area contributed by atoms with Gasteiger partial charge in [-0.2, -0.15) is 0 Å². The molecule has 1 aliphatic heterocycles. The first-order chi connectivity index (χ1) is 6.68. The lowest BCUT2D eigenvalue weighted by molar-refractivity contribution is 0.283. The summed E-state index contributed by atoms with van der Waals surface area (Å²) in [4.78, 5) is 0. The van der Waals surface area contributed by atoms with Crippen molar-refractivity contribution in [1.82, 2.24) is 5.32 Å². The Morgan fingerprint density at radius 1 is 1.36 bits per heavy atom. The van der Waals surface area contributed by atoms with E-state index in [-0.39, 0.29) is 0 Å². The number of nitrogens with one attached hydrogen (secondary N) is 1. The molecular weight excluding hydrogens is 170 g/mol. The Hall–Kier alpha value is -0.300. The highest BCUT2D eigenvalue weighted by Crippen LogP contribution is 2.28. The van der Waals surface area contributed by atoms with E-state index >= 15 is 0 Å². The van der Waals surface area contributed by atoms with Crippen LogP contribution in [0.25, 0.3) is 0 Å². The Bertz CT molecular complexity index is 176. The molecule has 0 aromatic rings. The highest BCUT2D eigenvalue weighted by molar-refractivity contribution is 4.95. The molecule has 0 aromatic heterocycles. The molecule has 1 saturated heterocycles. The van der Waals surface area contributed by atoms with Crippen LogP contribution in [0.4, 0.5) is 0 Å². The van der Waals surface area contributed by atoms with Crippen LogP contribution in [0.2, 0.25) is 0 Å². The van der Waals surface area contributed by atoms with Gasteiger partial charge in [0.1, 0.15) is 0 Å². The lowest BCUT2D eigenvalue weighted by atomic mass is 9.85. The minimum Gasteiger partial charge on any atom is -0.311 e. The second kappa shape index (κ2) is 5.55. The number of hydrogen-bond acceptors (Lipinski definition) is 1. The molecule has 14 heavy (non-hydrogen) atoms. The van der Waals surface area contributed by atoms with E-state index in [0.29, 0.717) is 5.54 Å². The number of hydrogen-bond donors (Lipinski definition) is 1. The average molecular weight is 195 g/mol. The maximum absolute atomic E-state index is 4.00. The minimum atomic E-state index is 0.426. The van der Waals surface area contributed by atoms with E-state index in [2.05, 4.69) is 25.7 Å². The van der Waals surface area contributed by atoms with E-state index in [1.165, 1.54) is 57.1 Å². The van der Waals surface area contributed by atoms with Crippen LogP contribution in [0.3, 0.4) is 0 Å². The Balaban J connectivity index is 2.49. The quantitative estimate of drug-likeness (QED) is 0.675. The molecule has 1 N–H and O–H groups in total. The first kappa shape index (κ1) is 11.8. The zero-order valence-electron chi connectivity index (χ0n) is 9.86. The van der Waals surface area contributed by atoms with Crippen molar-refractivity contribution in [3.8, 4) is 0 Å². The summed E-state index contributed by atoms with van der Waals surface area (Å²) in [5, 5.41) is 3.76. The van der Waals surface area contributed by atoms with Crippen molar-refractivity contribution >= 4 is 0 Å². The smallest absolute Gasteiger partial charge is 0.0182 e. The van der Waals surface area contributed by atoms with Crippen molar-refractivity contribution in [2.45, 2.75) is 64.3 Å². The molecule has 1 nitrogen and oxygen atoms in total. The third kappa shape index (κ3) is 3.45. The molecule has 0 aromatic carbocycles. The molecule has 1 fully saturated rings. The maximum Gasteiger partial charge on any atom is 0.0182 e. The van der Waals surface area contributed by atoms with Crippen molar-refractivity contribution < 1.29 is 0 Å². The Morgan fingerprint density at radius 3 is 2.79 bits per heavy atom. The highest BCUT2D eigenvalue weighted by atomic mass is 15.0. The fraction of sp³-hybridized carbons (Fsp3) is 0.846. The summed E-state index contributed by atoms with van der Waals surface area (Å²) >= 11 is 0. The first-order valence-corrected chi connectivity index (χ1v) is 6.08. The van der Waals surface area contributed by atoms with Crippen LogP contribution in [0.5, 0.6) is 0 Å². The van der Waals surface area contributed by atoms with Crippen molar-refractivity contribution in [3.05, 3.63) is 12.2 Å². The molecule has 1 heteroatoms. The molecule has 1 atom stereocenters. The minimum absolute atomic E-state index is 0.426. The van der Waals surface area contributed by atoms with Gasteiger partial charge < -0.3 is 5.32 Å². The second-order valence-corrected chi connectivity index (χ2v) is 4.83. The molecule has 0 bridgehead atoms. The Labute approximate surface area is 89.0 Å². The summed E-state index contributed by atoms with van der Waals surface area (Å²) in [6, 6.07) is 0. The molecule has 0 aliphatic carbocycles. The van der Waals surface area contributed by atoms with Gasteiger partial charge in [0.15, 0.2) is 0 Å². The number of allylic oxidation sites excluding steroid dienone is 1. The molecule has 0 amide bonds. The van der Waals surface area contributed by atoms with Gasteiger partial charge in [0.25, 0.3) is 0 Å². The highest BCUT2D eigenvalue weighted by Gasteiger charge is 2.27. The van der Waals surface area contributed by atoms with E-state index in [4.69, 9.17) is 0 Å². The lowest BCUT2D eigenvalue weighted by Crippen LogP contribution is -2.44. The lowest BCUT2D eigenvalue weighted by Gasteiger charge is -2.33. The van der Waals surface area contributed by atoms with Gasteiger partial charge in [-0.15, -0.1) is 6.58 Å². The van der Waals surface area contributed by atoms with Crippen LogP contribution in [-0.4, -0.2) is 12.1 Å². The summed E-state index contributed by atoms with van der Waals surface area (Å²) in [5.74, 6) is 0. The summed E-state index contributed by atoms with van der Waals surface area (Å²) in [6.45, 7) is 9.67. The van der Waals surface area contributed by atoms with Gasteiger partial charge in [-0.05, 0) is 45.6 Å². The van der Waals surface area contributed by atoms with Gasteiger partial charge in [-0.1, -0.05) is 25.3 Å². The van der Waals surface area contributed by atoms with Gasteiger partial charge >= 0.3 is 0 Å². The van der Waals surface area contributed by atoms with Crippen LogP contribution in [0, 0.1) is 0 Å². The van der Waals surface area contributed by atoms with Gasteiger partial charge in [0.05, 0.1) is 0 Å². The summed E-state index contributed by atoms with van der Waals surface area (Å²) in [7, 11) is 0. The second-order valence-electron chi connectivity index (χ2n) is 4.83. The summed E-state index contributed by atoms with van der Waals surface area (Å²) in [5.41, 5.74) is 1.75. The van der Waals surface area contributed by atoms with E-state index in [9.17, 15) is 0 Å². The Morgan fingerprint density at radius 2 is 2.14 bits per heavy atom. The van der Waals surface area contributed by atoms with Crippen molar-refractivity contribution in [2.24, 2.45) is 0 Å². The molecule has 82 valence electrons. The topological polar surface area (TPSA) is 12.0 Å². The van der Waals surface area contributed by atoms with E-state index in [1.54, 1.807) is 0 Å². The molecule has 1 aliphatic rings. The molecule has 1 unspecified atom stereocenters. The molecule has 1 heterocycles. The standard InChI is InChI=1S/C13H25N/c1-4-13(10-8-12(2)3)9-6-5-7-11-14-13/h14H,2,4-11H2,1,3H3.